The third kappa shape index (κ3) is 2.29. The van der Waals surface area contributed by atoms with Crippen molar-refractivity contribution in [2.45, 2.75) is 11.8 Å². The highest BCUT2D eigenvalue weighted by Crippen LogP contribution is 2.31. The van der Waals surface area contributed by atoms with Gasteiger partial charge in [0.2, 0.25) is 0 Å². The minimum atomic E-state index is -0.241. The van der Waals surface area contributed by atoms with E-state index in [1.165, 1.54) is 16.7 Å². The van der Waals surface area contributed by atoms with Crippen LogP contribution in [0.15, 0.2) is 47.4 Å². The highest BCUT2D eigenvalue weighted by Gasteiger charge is 2.34. The predicted octanol–water partition coefficient (Wildman–Crippen LogP) is 2.92. The molecule has 1 heterocycles. The molecule has 0 bridgehead atoms. The van der Waals surface area contributed by atoms with E-state index in [0.29, 0.717) is 16.8 Å². The van der Waals surface area contributed by atoms with Crippen molar-refractivity contribution in [2.24, 2.45) is 0 Å². The van der Waals surface area contributed by atoms with Gasteiger partial charge in [0.25, 0.3) is 11.8 Å². The van der Waals surface area contributed by atoms with E-state index < -0.39 is 0 Å². The molecule has 0 atom stereocenters. The maximum atomic E-state index is 12.2. The molecule has 0 radical (unpaired) electrons. The van der Waals surface area contributed by atoms with Gasteiger partial charge in [0.1, 0.15) is 0 Å². The van der Waals surface area contributed by atoms with Gasteiger partial charge in [-0.05, 0) is 30.7 Å². The van der Waals surface area contributed by atoms with Gasteiger partial charge in [-0.2, -0.15) is 0 Å². The molecule has 106 valence electrons. The van der Waals surface area contributed by atoms with Crippen LogP contribution >= 0.6 is 11.8 Å². The Morgan fingerprint density at radius 2 is 1.62 bits per heavy atom. The molecule has 2 aromatic carbocycles. The van der Waals surface area contributed by atoms with Crippen LogP contribution in [0.25, 0.3) is 0 Å². The smallest absolute Gasteiger partial charge is 0.262 e. The minimum absolute atomic E-state index is 0.241. The maximum Gasteiger partial charge on any atom is 0.262 e. The van der Waals surface area contributed by atoms with Crippen molar-refractivity contribution >= 4 is 29.3 Å². The van der Waals surface area contributed by atoms with E-state index in [2.05, 4.69) is 0 Å². The number of carbonyl (C=O) groups excluding carboxylic acids is 2. The number of benzene rings is 2. The summed E-state index contributed by atoms with van der Waals surface area (Å²) < 4.78 is 0. The second-order valence-electron chi connectivity index (χ2n) is 4.84. The van der Waals surface area contributed by atoms with E-state index in [4.69, 9.17) is 5.73 Å². The normalized spacial score (nSPS) is 13.7. The van der Waals surface area contributed by atoms with Gasteiger partial charge in [0.15, 0.2) is 0 Å². The average molecular weight is 298 g/mol. The molecular formula is C16H14N2O2S. The second-order valence-corrected chi connectivity index (χ2v) is 5.83. The van der Waals surface area contributed by atoms with Crippen molar-refractivity contribution in [3.8, 4) is 0 Å². The summed E-state index contributed by atoms with van der Waals surface area (Å²) in [5, 5.41) is 0. The van der Waals surface area contributed by atoms with Crippen molar-refractivity contribution in [2.75, 3.05) is 11.6 Å². The van der Waals surface area contributed by atoms with E-state index in [1.807, 2.05) is 25.1 Å². The molecule has 2 amide bonds. The number of rotatable bonds is 3. The molecule has 0 saturated heterocycles. The van der Waals surface area contributed by atoms with Gasteiger partial charge in [0, 0.05) is 10.6 Å². The van der Waals surface area contributed by atoms with Crippen LogP contribution in [0.3, 0.4) is 0 Å². The third-order valence-electron chi connectivity index (χ3n) is 3.51. The number of amides is 2. The zero-order valence-electron chi connectivity index (χ0n) is 11.5. The Bertz CT molecular complexity index is 708. The lowest BCUT2D eigenvalue weighted by Crippen LogP contribution is -2.29. The molecule has 5 heteroatoms. The molecule has 3 rings (SSSR count). The van der Waals surface area contributed by atoms with Gasteiger partial charge in [0.05, 0.1) is 17.0 Å². The molecule has 21 heavy (non-hydrogen) atoms. The molecule has 2 aromatic rings. The van der Waals surface area contributed by atoms with Gasteiger partial charge in [-0.1, -0.05) is 24.3 Å². The third-order valence-corrected chi connectivity index (χ3v) is 4.57. The summed E-state index contributed by atoms with van der Waals surface area (Å²) in [7, 11) is 0. The first kappa shape index (κ1) is 13.7. The molecular weight excluding hydrogens is 284 g/mol. The summed E-state index contributed by atoms with van der Waals surface area (Å²) in [5.41, 5.74) is 8.64. The van der Waals surface area contributed by atoms with Crippen LogP contribution in [-0.4, -0.2) is 22.6 Å². The molecule has 0 saturated carbocycles. The Hall–Kier alpha value is -2.27. The Morgan fingerprint density at radius 1 is 1.00 bits per heavy atom. The Morgan fingerprint density at radius 3 is 2.24 bits per heavy atom. The number of nitrogen functional groups attached to an aromatic ring is 1. The first-order chi connectivity index (χ1) is 10.1. The summed E-state index contributed by atoms with van der Waals surface area (Å²) in [6.07, 6.45) is 0. The Balaban J connectivity index is 1.80. The van der Waals surface area contributed by atoms with E-state index in [1.54, 1.807) is 24.3 Å². The molecule has 0 fully saturated rings. The number of nitrogens with zero attached hydrogens (tertiary/aromatic N) is 1. The zero-order chi connectivity index (χ0) is 15.0. The summed E-state index contributed by atoms with van der Waals surface area (Å²) in [5.74, 6) is -0.219. The Kier molecular flexibility index (Phi) is 3.43. The number of aryl methyl sites for hydroxylation is 1. The summed E-state index contributed by atoms with van der Waals surface area (Å²) in [6.45, 7) is 1.93. The van der Waals surface area contributed by atoms with Crippen LogP contribution in [0, 0.1) is 6.92 Å². The fourth-order valence-electron chi connectivity index (χ4n) is 2.27. The first-order valence-electron chi connectivity index (χ1n) is 6.52. The number of imide groups is 1. The van der Waals surface area contributed by atoms with Crippen LogP contribution in [0.1, 0.15) is 26.3 Å². The van der Waals surface area contributed by atoms with E-state index >= 15 is 0 Å². The van der Waals surface area contributed by atoms with Crippen molar-refractivity contribution in [3.05, 3.63) is 59.2 Å². The lowest BCUT2D eigenvalue weighted by Gasteiger charge is -2.14. The lowest BCUT2D eigenvalue weighted by molar-refractivity contribution is 0.0684. The first-order valence-corrected chi connectivity index (χ1v) is 7.51. The van der Waals surface area contributed by atoms with Crippen LogP contribution in [0.5, 0.6) is 0 Å². The number of nitrogens with two attached hydrogens (primary N) is 1. The Labute approximate surface area is 126 Å². The van der Waals surface area contributed by atoms with Crippen LogP contribution < -0.4 is 5.73 Å². The number of anilines is 1. The fraction of sp³-hybridized carbons (Fsp3) is 0.125. The molecule has 1 aliphatic heterocycles. The number of thioether (sulfide) groups is 1. The average Bonchev–Trinajstić information content (AvgIpc) is 2.73. The van der Waals surface area contributed by atoms with E-state index in [9.17, 15) is 9.59 Å². The molecule has 0 aromatic heterocycles. The minimum Gasteiger partial charge on any atom is -0.398 e. The largest absolute Gasteiger partial charge is 0.398 e. The zero-order valence-corrected chi connectivity index (χ0v) is 12.3. The number of carbonyl (C=O) groups is 2. The highest BCUT2D eigenvalue weighted by atomic mass is 32.2. The SMILES string of the molecule is Cc1cccc(SCN2C(=O)c3ccccc3C2=O)c1N. The molecule has 0 unspecified atom stereocenters. The van der Waals surface area contributed by atoms with Gasteiger partial charge >= 0.3 is 0 Å². The number of fused-ring (bicyclic) bond motifs is 1. The molecule has 2 N–H and O–H groups in total. The second kappa shape index (κ2) is 5.26. The van der Waals surface area contributed by atoms with Crippen LogP contribution in [0.2, 0.25) is 0 Å². The van der Waals surface area contributed by atoms with Gasteiger partial charge in [-0.25, -0.2) is 0 Å². The topological polar surface area (TPSA) is 63.4 Å². The number of hydrogen-bond acceptors (Lipinski definition) is 4. The molecule has 4 nitrogen and oxygen atoms in total. The molecule has 0 aliphatic carbocycles. The highest BCUT2D eigenvalue weighted by molar-refractivity contribution is 7.99. The maximum absolute atomic E-state index is 12.2. The van der Waals surface area contributed by atoms with Gasteiger partial charge in [-0.3, -0.25) is 14.5 Å². The summed E-state index contributed by atoms with van der Waals surface area (Å²) >= 11 is 1.40. The molecule has 1 aliphatic rings. The standard InChI is InChI=1S/C16H14N2O2S/c1-10-5-4-8-13(14(10)17)21-9-18-15(19)11-6-2-3-7-12(11)16(18)20/h2-8H,9,17H2,1H3. The monoisotopic (exact) mass is 298 g/mol. The quantitative estimate of drug-likeness (QED) is 0.537. The van der Waals surface area contributed by atoms with Crippen LogP contribution in [-0.2, 0) is 0 Å². The van der Waals surface area contributed by atoms with Crippen molar-refractivity contribution in [1.82, 2.24) is 4.90 Å². The van der Waals surface area contributed by atoms with Crippen molar-refractivity contribution < 1.29 is 9.59 Å². The lowest BCUT2D eigenvalue weighted by atomic mass is 10.1. The number of hydrogen-bond donors (Lipinski definition) is 1. The van der Waals surface area contributed by atoms with Crippen molar-refractivity contribution in [3.63, 3.8) is 0 Å². The fourth-order valence-corrected chi connectivity index (χ4v) is 3.26. The van der Waals surface area contributed by atoms with Gasteiger partial charge < -0.3 is 5.73 Å². The van der Waals surface area contributed by atoms with Crippen LogP contribution in [0.4, 0.5) is 5.69 Å². The predicted molar refractivity (Wildman–Crippen MR) is 83.3 cm³/mol. The van der Waals surface area contributed by atoms with E-state index in [-0.39, 0.29) is 17.7 Å². The van der Waals surface area contributed by atoms with Gasteiger partial charge in [-0.15, -0.1) is 11.8 Å². The molecule has 0 spiro atoms. The summed E-state index contributed by atoms with van der Waals surface area (Å²) in [6, 6.07) is 12.6. The van der Waals surface area contributed by atoms with E-state index in [0.717, 1.165) is 10.5 Å². The number of para-hydroxylation sites is 1. The van der Waals surface area contributed by atoms with Crippen molar-refractivity contribution in [1.29, 1.82) is 0 Å². The summed E-state index contributed by atoms with van der Waals surface area (Å²) in [4.78, 5) is 26.6.